The number of hydrogen-bond acceptors (Lipinski definition) is 1. The average molecular weight is 199 g/mol. The van der Waals surface area contributed by atoms with Crippen LogP contribution in [-0.4, -0.2) is 13.2 Å². The SMILES string of the molecule is [CH2]C(CCCCCCCCCC)OC. The van der Waals surface area contributed by atoms with Gasteiger partial charge in [0, 0.05) is 7.11 Å². The zero-order chi connectivity index (χ0) is 10.6. The number of unbranched alkanes of at least 4 members (excludes halogenated alkanes) is 7. The molecule has 1 atom stereocenters. The molecule has 85 valence electrons. The van der Waals surface area contributed by atoms with E-state index in [4.69, 9.17) is 4.74 Å². The van der Waals surface area contributed by atoms with Crippen LogP contribution in [0.1, 0.15) is 64.7 Å². The van der Waals surface area contributed by atoms with Crippen LogP contribution in [0.4, 0.5) is 0 Å². The van der Waals surface area contributed by atoms with E-state index in [1.807, 2.05) is 0 Å². The maximum atomic E-state index is 5.10. The van der Waals surface area contributed by atoms with Crippen LogP contribution in [0.2, 0.25) is 0 Å². The van der Waals surface area contributed by atoms with Crippen LogP contribution in [0.25, 0.3) is 0 Å². The lowest BCUT2D eigenvalue weighted by Gasteiger charge is -2.08. The molecule has 14 heavy (non-hydrogen) atoms. The quantitative estimate of drug-likeness (QED) is 0.475. The minimum atomic E-state index is 0.204. The molecule has 0 fully saturated rings. The molecule has 0 aliphatic heterocycles. The first-order chi connectivity index (χ1) is 6.81. The lowest BCUT2D eigenvalue weighted by molar-refractivity contribution is 0.128. The van der Waals surface area contributed by atoms with Crippen LogP contribution in [0.5, 0.6) is 0 Å². The van der Waals surface area contributed by atoms with E-state index in [0.717, 1.165) is 6.42 Å². The monoisotopic (exact) mass is 199 g/mol. The van der Waals surface area contributed by atoms with Gasteiger partial charge in [0.1, 0.15) is 0 Å². The molecule has 0 N–H and O–H groups in total. The molecular weight excluding hydrogens is 172 g/mol. The number of hydrogen-bond donors (Lipinski definition) is 0. The zero-order valence-corrected chi connectivity index (χ0v) is 10.1. The summed E-state index contributed by atoms with van der Waals surface area (Å²) in [6.07, 6.45) is 12.3. The van der Waals surface area contributed by atoms with Crippen molar-refractivity contribution in [3.05, 3.63) is 6.92 Å². The van der Waals surface area contributed by atoms with E-state index in [0.29, 0.717) is 0 Å². The molecule has 0 heterocycles. The Morgan fingerprint density at radius 2 is 1.43 bits per heavy atom. The third kappa shape index (κ3) is 10.0. The van der Waals surface area contributed by atoms with E-state index in [-0.39, 0.29) is 6.10 Å². The van der Waals surface area contributed by atoms with Crippen LogP contribution in [0.15, 0.2) is 0 Å². The fraction of sp³-hybridized carbons (Fsp3) is 0.923. The van der Waals surface area contributed by atoms with Gasteiger partial charge in [-0.3, -0.25) is 0 Å². The van der Waals surface area contributed by atoms with Gasteiger partial charge in [-0.15, -0.1) is 0 Å². The van der Waals surface area contributed by atoms with E-state index in [1.54, 1.807) is 7.11 Å². The standard InChI is InChI=1S/C13H27O/c1-4-5-6-7-8-9-10-11-12-13(2)14-3/h13H,2,4-12H2,1,3H3. The summed E-state index contributed by atoms with van der Waals surface area (Å²) in [7, 11) is 1.74. The van der Waals surface area contributed by atoms with Gasteiger partial charge in [0.25, 0.3) is 0 Å². The van der Waals surface area contributed by atoms with Crippen molar-refractivity contribution in [2.24, 2.45) is 0 Å². The first kappa shape index (κ1) is 14.0. The molecular formula is C13H27O. The number of methoxy groups -OCH3 is 1. The molecule has 1 nitrogen and oxygen atoms in total. The Labute approximate surface area is 90.2 Å². The van der Waals surface area contributed by atoms with Crippen molar-refractivity contribution < 1.29 is 4.74 Å². The van der Waals surface area contributed by atoms with Crippen LogP contribution in [-0.2, 0) is 4.74 Å². The molecule has 1 heteroatoms. The van der Waals surface area contributed by atoms with Gasteiger partial charge in [0.2, 0.25) is 0 Å². The minimum Gasteiger partial charge on any atom is -0.381 e. The second-order valence-corrected chi connectivity index (χ2v) is 4.12. The zero-order valence-electron chi connectivity index (χ0n) is 10.1. The summed E-state index contributed by atoms with van der Waals surface area (Å²) < 4.78 is 5.10. The van der Waals surface area contributed by atoms with E-state index in [2.05, 4.69) is 13.8 Å². The normalized spacial score (nSPS) is 13.1. The Balaban J connectivity index is 2.92. The van der Waals surface area contributed by atoms with Gasteiger partial charge >= 0.3 is 0 Å². The Kier molecular flexibility index (Phi) is 11.0. The molecule has 1 radical (unpaired) electrons. The Morgan fingerprint density at radius 3 is 1.93 bits per heavy atom. The summed E-state index contributed by atoms with van der Waals surface area (Å²) in [4.78, 5) is 0. The van der Waals surface area contributed by atoms with Crippen LogP contribution >= 0.6 is 0 Å². The fourth-order valence-corrected chi connectivity index (χ4v) is 1.62. The maximum absolute atomic E-state index is 5.10. The molecule has 0 amide bonds. The molecule has 0 rings (SSSR count). The molecule has 0 aromatic carbocycles. The summed E-state index contributed by atoms with van der Waals surface area (Å²) in [6, 6.07) is 0. The molecule has 0 bridgehead atoms. The van der Waals surface area contributed by atoms with Gasteiger partial charge < -0.3 is 4.74 Å². The molecule has 0 saturated heterocycles. The molecule has 0 aromatic rings. The largest absolute Gasteiger partial charge is 0.381 e. The third-order valence-electron chi connectivity index (χ3n) is 2.71. The smallest absolute Gasteiger partial charge is 0.0572 e. The summed E-state index contributed by atoms with van der Waals surface area (Å²) in [5.41, 5.74) is 0. The first-order valence-electron chi connectivity index (χ1n) is 6.17. The lowest BCUT2D eigenvalue weighted by atomic mass is 10.1. The molecule has 0 aliphatic carbocycles. The topological polar surface area (TPSA) is 9.23 Å². The fourth-order valence-electron chi connectivity index (χ4n) is 1.62. The third-order valence-corrected chi connectivity index (χ3v) is 2.71. The summed E-state index contributed by atoms with van der Waals surface area (Å²) in [5, 5.41) is 0. The number of ether oxygens (including phenoxy) is 1. The van der Waals surface area contributed by atoms with E-state index < -0.39 is 0 Å². The van der Waals surface area contributed by atoms with Crippen LogP contribution in [0.3, 0.4) is 0 Å². The molecule has 1 unspecified atom stereocenters. The van der Waals surface area contributed by atoms with Gasteiger partial charge in [0.05, 0.1) is 6.10 Å². The van der Waals surface area contributed by atoms with Crippen molar-refractivity contribution in [3.8, 4) is 0 Å². The highest BCUT2D eigenvalue weighted by Crippen LogP contribution is 2.10. The van der Waals surface area contributed by atoms with E-state index in [1.165, 1.54) is 51.4 Å². The first-order valence-corrected chi connectivity index (χ1v) is 6.17. The molecule has 0 spiro atoms. The predicted molar refractivity (Wildman–Crippen MR) is 63.4 cm³/mol. The van der Waals surface area contributed by atoms with Crippen molar-refractivity contribution in [1.82, 2.24) is 0 Å². The highest BCUT2D eigenvalue weighted by molar-refractivity contribution is 4.58. The van der Waals surface area contributed by atoms with Crippen molar-refractivity contribution in [2.45, 2.75) is 70.8 Å². The lowest BCUT2D eigenvalue weighted by Crippen LogP contribution is -2.04. The van der Waals surface area contributed by atoms with Crippen molar-refractivity contribution >= 4 is 0 Å². The van der Waals surface area contributed by atoms with Crippen molar-refractivity contribution in [1.29, 1.82) is 0 Å². The van der Waals surface area contributed by atoms with Crippen LogP contribution < -0.4 is 0 Å². The van der Waals surface area contributed by atoms with Crippen LogP contribution in [0, 0.1) is 6.92 Å². The summed E-state index contributed by atoms with van der Waals surface area (Å²) in [5.74, 6) is 0. The van der Waals surface area contributed by atoms with Crippen molar-refractivity contribution in [3.63, 3.8) is 0 Å². The highest BCUT2D eigenvalue weighted by Gasteiger charge is 1.98. The van der Waals surface area contributed by atoms with Gasteiger partial charge in [-0.2, -0.15) is 0 Å². The van der Waals surface area contributed by atoms with E-state index >= 15 is 0 Å². The van der Waals surface area contributed by atoms with Crippen molar-refractivity contribution in [2.75, 3.05) is 7.11 Å². The second-order valence-electron chi connectivity index (χ2n) is 4.12. The number of rotatable bonds is 10. The van der Waals surface area contributed by atoms with Gasteiger partial charge in [-0.25, -0.2) is 0 Å². The second kappa shape index (κ2) is 11.0. The summed E-state index contributed by atoms with van der Waals surface area (Å²) >= 11 is 0. The van der Waals surface area contributed by atoms with Gasteiger partial charge in [-0.05, 0) is 13.3 Å². The minimum absolute atomic E-state index is 0.204. The predicted octanol–water partition coefficient (Wildman–Crippen LogP) is 4.37. The van der Waals surface area contributed by atoms with Gasteiger partial charge in [0.15, 0.2) is 0 Å². The Bertz CT molecular complexity index is 101. The summed E-state index contributed by atoms with van der Waals surface area (Å²) in [6.45, 7) is 6.16. The molecule has 0 aromatic heterocycles. The molecule has 0 saturated carbocycles. The average Bonchev–Trinajstić information content (AvgIpc) is 2.21. The van der Waals surface area contributed by atoms with E-state index in [9.17, 15) is 0 Å². The Hall–Kier alpha value is -0.0400. The highest BCUT2D eigenvalue weighted by atomic mass is 16.5. The maximum Gasteiger partial charge on any atom is 0.0572 e. The Morgan fingerprint density at radius 1 is 0.929 bits per heavy atom. The van der Waals surface area contributed by atoms with Gasteiger partial charge in [-0.1, -0.05) is 58.3 Å². The molecule has 0 aliphatic rings.